The fraction of sp³-hybridized carbons (Fsp3) is 0.0833. The first-order chi connectivity index (χ1) is 16.3. The zero-order chi connectivity index (χ0) is 24.1. The van der Waals surface area contributed by atoms with Gasteiger partial charge in [0.2, 0.25) is 0 Å². The Morgan fingerprint density at radius 2 is 1.76 bits per heavy atom. The lowest BCUT2D eigenvalue weighted by atomic mass is 10.1. The summed E-state index contributed by atoms with van der Waals surface area (Å²) in [6, 6.07) is 21.9. The zero-order valence-corrected chi connectivity index (χ0v) is 20.4. The van der Waals surface area contributed by atoms with E-state index in [0.29, 0.717) is 23.6 Å². The number of halogens is 1. The van der Waals surface area contributed by atoms with E-state index in [1.165, 1.54) is 30.3 Å². The number of nitrogens with zero attached hydrogens (tertiary/aromatic N) is 1. The van der Waals surface area contributed by atoms with Crippen LogP contribution in [0.2, 0.25) is 0 Å². The van der Waals surface area contributed by atoms with E-state index >= 15 is 0 Å². The lowest BCUT2D eigenvalue weighted by Crippen LogP contribution is -2.14. The molecule has 0 unspecified atom stereocenters. The summed E-state index contributed by atoms with van der Waals surface area (Å²) in [4.78, 5) is 12.7. The molecular formula is C24H20BrN3O5S. The third kappa shape index (κ3) is 6.03. The van der Waals surface area contributed by atoms with Gasteiger partial charge in [-0.15, -0.1) is 0 Å². The molecule has 0 aliphatic heterocycles. The molecule has 0 aliphatic carbocycles. The van der Waals surface area contributed by atoms with Crippen molar-refractivity contribution in [3.05, 3.63) is 100 Å². The molecule has 8 nitrogen and oxygen atoms in total. The van der Waals surface area contributed by atoms with Gasteiger partial charge in [0.25, 0.3) is 15.9 Å². The summed E-state index contributed by atoms with van der Waals surface area (Å²) in [5.74, 6) is 0.983. The number of aryl methyl sites for hydroxylation is 1. The Morgan fingerprint density at radius 3 is 2.44 bits per heavy atom. The third-order valence-electron chi connectivity index (χ3n) is 4.70. The zero-order valence-electron chi connectivity index (χ0n) is 18.0. The SMILES string of the molecule is Cc1cc(NS(=O)(=O)c2ccc(NC(=O)c3cccc(COc4ccc(Br)cc4)c3)cc2)no1. The Bertz CT molecular complexity index is 1400. The number of amides is 1. The average Bonchev–Trinajstić information content (AvgIpc) is 3.23. The second-order valence-electron chi connectivity index (χ2n) is 7.35. The molecule has 10 heteroatoms. The van der Waals surface area contributed by atoms with Crippen molar-refractivity contribution in [1.82, 2.24) is 5.16 Å². The summed E-state index contributed by atoms with van der Waals surface area (Å²) in [5.41, 5.74) is 1.75. The van der Waals surface area contributed by atoms with Gasteiger partial charge >= 0.3 is 0 Å². The Labute approximate surface area is 205 Å². The van der Waals surface area contributed by atoms with Crippen LogP contribution in [0, 0.1) is 6.92 Å². The lowest BCUT2D eigenvalue weighted by molar-refractivity contribution is 0.102. The van der Waals surface area contributed by atoms with Crippen LogP contribution in [0.3, 0.4) is 0 Å². The van der Waals surface area contributed by atoms with Gasteiger partial charge in [0.05, 0.1) is 4.90 Å². The largest absolute Gasteiger partial charge is 0.489 e. The molecule has 0 fully saturated rings. The summed E-state index contributed by atoms with van der Waals surface area (Å²) >= 11 is 3.38. The number of benzene rings is 3. The van der Waals surface area contributed by atoms with Crippen LogP contribution in [0.5, 0.6) is 5.75 Å². The van der Waals surface area contributed by atoms with Crippen LogP contribution < -0.4 is 14.8 Å². The molecule has 4 aromatic rings. The molecule has 0 bridgehead atoms. The quantitative estimate of drug-likeness (QED) is 0.310. The van der Waals surface area contributed by atoms with E-state index in [9.17, 15) is 13.2 Å². The minimum absolute atomic E-state index is 0.0261. The van der Waals surface area contributed by atoms with Crippen molar-refractivity contribution >= 4 is 43.4 Å². The molecule has 0 saturated heterocycles. The van der Waals surface area contributed by atoms with Crippen molar-refractivity contribution in [3.8, 4) is 5.75 Å². The second-order valence-corrected chi connectivity index (χ2v) is 9.95. The molecule has 0 saturated carbocycles. The first kappa shape index (κ1) is 23.5. The number of carbonyl (C=O) groups is 1. The Kier molecular flexibility index (Phi) is 6.99. The molecule has 34 heavy (non-hydrogen) atoms. The minimum Gasteiger partial charge on any atom is -0.489 e. The van der Waals surface area contributed by atoms with Gasteiger partial charge in [0.15, 0.2) is 5.82 Å². The van der Waals surface area contributed by atoms with Crippen molar-refractivity contribution in [1.29, 1.82) is 0 Å². The van der Waals surface area contributed by atoms with Gasteiger partial charge in [-0.1, -0.05) is 33.2 Å². The van der Waals surface area contributed by atoms with E-state index in [4.69, 9.17) is 9.26 Å². The number of hydrogen-bond acceptors (Lipinski definition) is 6. The van der Waals surface area contributed by atoms with Crippen LogP contribution in [0.25, 0.3) is 0 Å². The van der Waals surface area contributed by atoms with E-state index in [1.54, 1.807) is 25.1 Å². The van der Waals surface area contributed by atoms with Gasteiger partial charge in [-0.3, -0.25) is 9.52 Å². The van der Waals surface area contributed by atoms with Gasteiger partial charge in [-0.05, 0) is 73.2 Å². The van der Waals surface area contributed by atoms with E-state index in [0.717, 1.165) is 15.8 Å². The number of ether oxygens (including phenoxy) is 1. The van der Waals surface area contributed by atoms with Gasteiger partial charge in [-0.2, -0.15) is 0 Å². The predicted molar refractivity (Wildman–Crippen MR) is 131 cm³/mol. The highest BCUT2D eigenvalue weighted by atomic mass is 79.9. The molecule has 0 spiro atoms. The molecule has 0 aliphatic rings. The van der Waals surface area contributed by atoms with Gasteiger partial charge in [-0.25, -0.2) is 8.42 Å². The van der Waals surface area contributed by atoms with E-state index < -0.39 is 10.0 Å². The molecular weight excluding hydrogens is 522 g/mol. The van der Waals surface area contributed by atoms with Crippen molar-refractivity contribution in [3.63, 3.8) is 0 Å². The van der Waals surface area contributed by atoms with Crippen molar-refractivity contribution in [2.45, 2.75) is 18.4 Å². The maximum Gasteiger partial charge on any atom is 0.263 e. The smallest absolute Gasteiger partial charge is 0.263 e. The molecule has 0 radical (unpaired) electrons. The van der Waals surface area contributed by atoms with Gasteiger partial charge in [0, 0.05) is 21.8 Å². The van der Waals surface area contributed by atoms with E-state index in [1.807, 2.05) is 30.3 Å². The summed E-state index contributed by atoms with van der Waals surface area (Å²) in [6.45, 7) is 1.97. The number of hydrogen-bond donors (Lipinski definition) is 2. The number of nitrogens with one attached hydrogen (secondary N) is 2. The van der Waals surface area contributed by atoms with Gasteiger partial charge in [0.1, 0.15) is 18.1 Å². The van der Waals surface area contributed by atoms with Crippen LogP contribution in [-0.2, 0) is 16.6 Å². The van der Waals surface area contributed by atoms with Crippen LogP contribution in [0.15, 0.2) is 92.8 Å². The normalized spacial score (nSPS) is 11.1. The van der Waals surface area contributed by atoms with Crippen LogP contribution >= 0.6 is 15.9 Å². The topological polar surface area (TPSA) is 111 Å². The standard InChI is InChI=1S/C24H20BrN3O5S/c1-16-13-23(27-33-16)28-34(30,31)22-11-7-20(8-12-22)26-24(29)18-4-2-3-17(14-18)15-32-21-9-5-19(25)6-10-21/h2-14H,15H2,1H3,(H,26,29)(H,27,28). The number of sulfonamides is 1. The third-order valence-corrected chi connectivity index (χ3v) is 6.60. The molecule has 0 atom stereocenters. The van der Waals surface area contributed by atoms with Gasteiger partial charge < -0.3 is 14.6 Å². The number of carbonyl (C=O) groups excluding carboxylic acids is 1. The fourth-order valence-corrected chi connectivity index (χ4v) is 4.28. The van der Waals surface area contributed by atoms with Crippen LogP contribution in [0.4, 0.5) is 11.5 Å². The Morgan fingerprint density at radius 1 is 1.03 bits per heavy atom. The monoisotopic (exact) mass is 541 g/mol. The summed E-state index contributed by atoms with van der Waals surface area (Å²) < 4.78 is 38.9. The highest BCUT2D eigenvalue weighted by Gasteiger charge is 2.16. The molecule has 1 heterocycles. The van der Waals surface area contributed by atoms with Crippen molar-refractivity contribution < 1.29 is 22.5 Å². The molecule has 1 amide bonds. The van der Waals surface area contributed by atoms with E-state index in [-0.39, 0.29) is 16.6 Å². The highest BCUT2D eigenvalue weighted by Crippen LogP contribution is 2.20. The number of rotatable bonds is 8. The molecule has 174 valence electrons. The summed E-state index contributed by atoms with van der Waals surface area (Å²) in [6.07, 6.45) is 0. The second kappa shape index (κ2) is 10.1. The highest BCUT2D eigenvalue weighted by molar-refractivity contribution is 9.10. The predicted octanol–water partition coefficient (Wildman–Crippen LogP) is 5.38. The minimum atomic E-state index is -3.84. The van der Waals surface area contributed by atoms with E-state index in [2.05, 4.69) is 31.1 Å². The van der Waals surface area contributed by atoms with Crippen LogP contribution in [0.1, 0.15) is 21.7 Å². The Balaban J connectivity index is 1.38. The number of anilines is 2. The molecule has 3 aromatic carbocycles. The number of aromatic nitrogens is 1. The lowest BCUT2D eigenvalue weighted by Gasteiger charge is -2.10. The fourth-order valence-electron chi connectivity index (χ4n) is 3.03. The summed E-state index contributed by atoms with van der Waals surface area (Å²) in [5, 5.41) is 6.39. The maximum absolute atomic E-state index is 12.7. The molecule has 4 rings (SSSR count). The average molecular weight is 542 g/mol. The molecule has 1 aromatic heterocycles. The van der Waals surface area contributed by atoms with Crippen LogP contribution in [-0.4, -0.2) is 19.5 Å². The molecule has 2 N–H and O–H groups in total. The Hall–Kier alpha value is -3.63. The first-order valence-corrected chi connectivity index (χ1v) is 12.4. The first-order valence-electron chi connectivity index (χ1n) is 10.1. The maximum atomic E-state index is 12.7. The summed E-state index contributed by atoms with van der Waals surface area (Å²) in [7, 11) is -3.84. The van der Waals surface area contributed by atoms with Crippen molar-refractivity contribution in [2.75, 3.05) is 10.0 Å². The van der Waals surface area contributed by atoms with Crippen molar-refractivity contribution in [2.24, 2.45) is 0 Å².